The number of nitrogens with zero attached hydrogens (tertiary/aromatic N) is 1. The molecule has 4 rings (SSSR count). The van der Waals surface area contributed by atoms with E-state index in [4.69, 9.17) is 11.6 Å². The maximum absolute atomic E-state index is 13.1. The average Bonchev–Trinajstić information content (AvgIpc) is 3.07. The van der Waals surface area contributed by atoms with E-state index in [-0.39, 0.29) is 35.1 Å². The molecule has 1 aliphatic heterocycles. The van der Waals surface area contributed by atoms with E-state index in [1.807, 2.05) is 12.1 Å². The van der Waals surface area contributed by atoms with Crippen molar-refractivity contribution in [2.24, 2.45) is 11.3 Å². The second-order valence-corrected chi connectivity index (χ2v) is 10.1. The third-order valence-corrected chi connectivity index (χ3v) is 8.30. The number of unbranched alkanes of at least 4 members (excludes halogenated alkanes) is 1. The van der Waals surface area contributed by atoms with Crippen molar-refractivity contribution in [2.45, 2.75) is 77.2 Å². The van der Waals surface area contributed by atoms with Crippen LogP contribution in [-0.4, -0.2) is 11.9 Å². The molecule has 4 heteroatoms. The van der Waals surface area contributed by atoms with E-state index in [1.165, 1.54) is 11.1 Å². The molecule has 1 saturated heterocycles. The minimum Gasteiger partial charge on any atom is -0.353 e. The normalized spacial score (nSPS) is 29.3. The van der Waals surface area contributed by atoms with Crippen molar-refractivity contribution in [3.05, 3.63) is 69.7 Å². The van der Waals surface area contributed by atoms with Crippen molar-refractivity contribution in [2.75, 3.05) is 0 Å². The van der Waals surface area contributed by atoms with Gasteiger partial charge < -0.3 is 5.32 Å². The first-order chi connectivity index (χ1) is 15.4. The molecule has 2 aromatic rings. The Morgan fingerprint density at radius 3 is 2.59 bits per heavy atom. The molecule has 2 aliphatic rings. The number of fused-ring (bicyclic) bond motifs is 1. The predicted molar refractivity (Wildman–Crippen MR) is 130 cm³/mol. The number of amides is 1. The van der Waals surface area contributed by atoms with Crippen molar-refractivity contribution in [1.82, 2.24) is 5.32 Å². The molecule has 0 spiro atoms. The smallest absolute Gasteiger partial charge is 0.226 e. The monoisotopic (exact) mass is 448 g/mol. The van der Waals surface area contributed by atoms with E-state index in [0.717, 1.165) is 54.7 Å². The molecule has 1 unspecified atom stereocenters. The van der Waals surface area contributed by atoms with Crippen molar-refractivity contribution in [3.63, 3.8) is 0 Å². The third-order valence-electron chi connectivity index (χ3n) is 8.05. The fourth-order valence-corrected chi connectivity index (χ4v) is 6.58. The van der Waals surface area contributed by atoms with Crippen molar-refractivity contribution in [1.29, 1.82) is 5.26 Å². The van der Waals surface area contributed by atoms with E-state index in [1.54, 1.807) is 0 Å². The summed E-state index contributed by atoms with van der Waals surface area (Å²) in [6.07, 6.45) is 5.89. The topological polar surface area (TPSA) is 52.9 Å². The highest BCUT2D eigenvalue weighted by Gasteiger charge is 2.59. The zero-order chi connectivity index (χ0) is 22.9. The Balaban J connectivity index is 1.82. The molecule has 1 saturated carbocycles. The van der Waals surface area contributed by atoms with Crippen molar-refractivity contribution >= 4 is 17.5 Å². The minimum atomic E-state index is -0.339. The number of hydrogen-bond acceptors (Lipinski definition) is 2. The van der Waals surface area contributed by atoms with Gasteiger partial charge in [0.15, 0.2) is 0 Å². The molecule has 2 aromatic carbocycles. The summed E-state index contributed by atoms with van der Waals surface area (Å²) >= 11 is 6.22. The number of benzene rings is 2. The van der Waals surface area contributed by atoms with Crippen LogP contribution in [0.3, 0.4) is 0 Å². The summed E-state index contributed by atoms with van der Waals surface area (Å²) in [6, 6.07) is 17.2. The summed E-state index contributed by atoms with van der Waals surface area (Å²) < 4.78 is 0. The predicted octanol–water partition coefficient (Wildman–Crippen LogP) is 6.75. The van der Waals surface area contributed by atoms with Gasteiger partial charge in [0.1, 0.15) is 0 Å². The molecule has 0 bridgehead atoms. The van der Waals surface area contributed by atoms with Gasteiger partial charge in [-0.3, -0.25) is 4.79 Å². The van der Waals surface area contributed by atoms with Gasteiger partial charge in [-0.2, -0.15) is 5.26 Å². The number of carbonyl (C=O) groups excluding carboxylic acids is 1. The lowest BCUT2D eigenvalue weighted by Gasteiger charge is -2.47. The van der Waals surface area contributed by atoms with Crippen LogP contribution < -0.4 is 5.32 Å². The zero-order valence-electron chi connectivity index (χ0n) is 19.3. The zero-order valence-corrected chi connectivity index (χ0v) is 20.1. The molecule has 1 N–H and O–H groups in total. The lowest BCUT2D eigenvalue weighted by molar-refractivity contribution is -0.131. The molecule has 3 nitrogen and oxygen atoms in total. The Kier molecular flexibility index (Phi) is 6.63. The van der Waals surface area contributed by atoms with Crippen LogP contribution >= 0.6 is 11.6 Å². The molecular weight excluding hydrogens is 416 g/mol. The molecule has 0 aromatic heterocycles. The first-order valence-electron chi connectivity index (χ1n) is 12.0. The van der Waals surface area contributed by atoms with Gasteiger partial charge in [0.25, 0.3) is 0 Å². The fourth-order valence-electron chi connectivity index (χ4n) is 6.45. The standard InChI is InChI=1S/C28H33ClN2O/c1-4-6-7-19-8-13-23(21(16-19)17-30)24-14-15-28(5-2)26(18(3)31-27(28)32)25(24)20-9-11-22(29)12-10-20/h8-13,16,18,24-26H,4-7,14-15H2,1-3H3,(H,31,32)/t18-,24+,25?,26+,28-/m1/s1. The lowest BCUT2D eigenvalue weighted by Crippen LogP contribution is -2.44. The Bertz CT molecular complexity index is 1020. The summed E-state index contributed by atoms with van der Waals surface area (Å²) in [6.45, 7) is 6.48. The van der Waals surface area contributed by atoms with Gasteiger partial charge in [-0.25, -0.2) is 0 Å². The quantitative estimate of drug-likeness (QED) is 0.531. The first-order valence-corrected chi connectivity index (χ1v) is 12.4. The summed E-state index contributed by atoms with van der Waals surface area (Å²) in [4.78, 5) is 13.1. The largest absolute Gasteiger partial charge is 0.353 e. The number of aryl methyl sites for hydroxylation is 1. The lowest BCUT2D eigenvalue weighted by atomic mass is 9.54. The molecule has 2 fully saturated rings. The van der Waals surface area contributed by atoms with E-state index in [2.05, 4.69) is 62.5 Å². The van der Waals surface area contributed by atoms with Crippen LogP contribution in [0.2, 0.25) is 5.02 Å². The number of carbonyl (C=O) groups is 1. The fraction of sp³-hybridized carbons (Fsp3) is 0.500. The summed E-state index contributed by atoms with van der Waals surface area (Å²) in [5.41, 5.74) is 4.03. The Labute approximate surface area is 197 Å². The van der Waals surface area contributed by atoms with E-state index < -0.39 is 0 Å². The van der Waals surface area contributed by atoms with Crippen LogP contribution in [-0.2, 0) is 11.2 Å². The van der Waals surface area contributed by atoms with E-state index >= 15 is 0 Å². The first kappa shape index (κ1) is 22.9. The summed E-state index contributed by atoms with van der Waals surface area (Å²) in [7, 11) is 0. The summed E-state index contributed by atoms with van der Waals surface area (Å²) in [5, 5.41) is 14.0. The maximum atomic E-state index is 13.1. The van der Waals surface area contributed by atoms with Gasteiger partial charge in [-0.1, -0.05) is 56.1 Å². The van der Waals surface area contributed by atoms with Crippen LogP contribution in [0.5, 0.6) is 0 Å². The van der Waals surface area contributed by atoms with Gasteiger partial charge in [0.2, 0.25) is 5.91 Å². The summed E-state index contributed by atoms with van der Waals surface area (Å²) in [5.74, 6) is 0.742. The molecule has 5 atom stereocenters. The molecule has 1 aliphatic carbocycles. The highest BCUT2D eigenvalue weighted by molar-refractivity contribution is 6.30. The minimum absolute atomic E-state index is 0.0975. The number of rotatable bonds is 6. The molecule has 0 radical (unpaired) electrons. The van der Waals surface area contributed by atoms with Crippen LogP contribution in [0.15, 0.2) is 42.5 Å². The number of halogens is 1. The van der Waals surface area contributed by atoms with Crippen LogP contribution in [0.4, 0.5) is 0 Å². The highest BCUT2D eigenvalue weighted by atomic mass is 35.5. The number of nitriles is 1. The Morgan fingerprint density at radius 2 is 1.94 bits per heavy atom. The Hall–Kier alpha value is -2.31. The van der Waals surface area contributed by atoms with Crippen molar-refractivity contribution < 1.29 is 4.79 Å². The maximum Gasteiger partial charge on any atom is 0.226 e. The second kappa shape index (κ2) is 9.28. The Morgan fingerprint density at radius 1 is 1.19 bits per heavy atom. The average molecular weight is 449 g/mol. The molecular formula is C28H33ClN2O. The molecule has 1 heterocycles. The van der Waals surface area contributed by atoms with Gasteiger partial charge in [0.05, 0.1) is 17.0 Å². The SMILES string of the molecule is CCCCc1ccc([C@@H]2CC[C@@]3(CC)C(=O)N[C@H](C)[C@H]3C2c2ccc(Cl)cc2)c(C#N)c1. The van der Waals surface area contributed by atoms with Crippen LogP contribution in [0.1, 0.15) is 87.0 Å². The molecule has 1 amide bonds. The number of hydrogen-bond donors (Lipinski definition) is 1. The van der Waals surface area contributed by atoms with Gasteiger partial charge in [-0.15, -0.1) is 0 Å². The molecule has 168 valence electrons. The van der Waals surface area contributed by atoms with Crippen LogP contribution in [0.25, 0.3) is 0 Å². The highest BCUT2D eigenvalue weighted by Crippen LogP contribution is 2.60. The van der Waals surface area contributed by atoms with Crippen molar-refractivity contribution in [3.8, 4) is 6.07 Å². The van der Waals surface area contributed by atoms with Gasteiger partial charge in [0, 0.05) is 17.0 Å². The van der Waals surface area contributed by atoms with Gasteiger partial charge in [-0.05, 0) is 85.8 Å². The second-order valence-electron chi connectivity index (χ2n) is 9.66. The van der Waals surface area contributed by atoms with E-state index in [0.29, 0.717) is 0 Å². The number of nitrogens with one attached hydrogen (secondary N) is 1. The third kappa shape index (κ3) is 3.84. The van der Waals surface area contributed by atoms with Gasteiger partial charge >= 0.3 is 0 Å². The van der Waals surface area contributed by atoms with E-state index in [9.17, 15) is 10.1 Å². The molecule has 32 heavy (non-hydrogen) atoms. The van der Waals surface area contributed by atoms with Crippen LogP contribution in [0, 0.1) is 22.7 Å².